The van der Waals surface area contributed by atoms with Gasteiger partial charge in [-0.15, -0.1) is 0 Å². The Kier molecular flexibility index (Phi) is 6.17. The lowest BCUT2D eigenvalue weighted by atomic mass is 10.1. The van der Waals surface area contributed by atoms with E-state index in [0.29, 0.717) is 31.1 Å². The summed E-state index contributed by atoms with van der Waals surface area (Å²) in [6.45, 7) is 8.00. The molecule has 6 nitrogen and oxygen atoms in total. The number of benzene rings is 2. The Balaban J connectivity index is 1.55. The molecule has 0 radical (unpaired) electrons. The van der Waals surface area contributed by atoms with Crippen LogP contribution >= 0.6 is 0 Å². The highest BCUT2D eigenvalue weighted by molar-refractivity contribution is 7.89. The lowest BCUT2D eigenvalue weighted by Gasteiger charge is -2.33. The largest absolute Gasteiger partial charge is 0.325 e. The molecule has 1 saturated heterocycles. The number of hydrogen-bond acceptors (Lipinski definition) is 4. The van der Waals surface area contributed by atoms with E-state index >= 15 is 0 Å². The van der Waals surface area contributed by atoms with Gasteiger partial charge < -0.3 is 5.32 Å². The zero-order valence-corrected chi connectivity index (χ0v) is 17.4. The molecule has 1 amide bonds. The number of carbonyl (C=O) groups is 1. The van der Waals surface area contributed by atoms with Gasteiger partial charge in [0.2, 0.25) is 15.9 Å². The van der Waals surface area contributed by atoms with E-state index in [1.165, 1.54) is 4.31 Å². The first-order chi connectivity index (χ1) is 13.3. The first kappa shape index (κ1) is 20.5. The van der Waals surface area contributed by atoms with Crippen LogP contribution in [0.4, 0.5) is 5.69 Å². The average molecular weight is 402 g/mol. The van der Waals surface area contributed by atoms with Crippen molar-refractivity contribution in [2.75, 3.05) is 38.0 Å². The molecule has 1 aliphatic rings. The highest BCUT2D eigenvalue weighted by Crippen LogP contribution is 2.19. The standard InChI is InChI=1S/C21H27N3O3S/c1-16-4-7-19(8-5-16)28(26,27)24-12-10-23(11-13-24)15-21(25)22-20-9-6-17(2)14-18(20)3/h4-9,14H,10-13,15H2,1-3H3,(H,22,25). The molecular weight excluding hydrogens is 374 g/mol. The number of anilines is 1. The molecule has 1 fully saturated rings. The van der Waals surface area contributed by atoms with Gasteiger partial charge in [0.1, 0.15) is 0 Å². The third-order valence-corrected chi connectivity index (χ3v) is 6.93. The summed E-state index contributed by atoms with van der Waals surface area (Å²) in [7, 11) is -3.48. The van der Waals surface area contributed by atoms with Crippen molar-refractivity contribution in [3.63, 3.8) is 0 Å². The number of amides is 1. The van der Waals surface area contributed by atoms with Crippen molar-refractivity contribution in [2.24, 2.45) is 0 Å². The smallest absolute Gasteiger partial charge is 0.243 e. The summed E-state index contributed by atoms with van der Waals surface area (Å²) in [5.41, 5.74) is 4.03. The lowest BCUT2D eigenvalue weighted by molar-refractivity contribution is -0.117. The van der Waals surface area contributed by atoms with Gasteiger partial charge >= 0.3 is 0 Å². The number of rotatable bonds is 5. The predicted molar refractivity (Wildman–Crippen MR) is 111 cm³/mol. The summed E-state index contributed by atoms with van der Waals surface area (Å²) in [6, 6.07) is 12.8. The van der Waals surface area contributed by atoms with Crippen LogP contribution in [0.25, 0.3) is 0 Å². The zero-order chi connectivity index (χ0) is 20.3. The molecule has 0 unspecified atom stereocenters. The molecule has 0 atom stereocenters. The number of aryl methyl sites for hydroxylation is 3. The maximum atomic E-state index is 12.8. The topological polar surface area (TPSA) is 69.7 Å². The molecule has 1 aliphatic heterocycles. The summed E-state index contributed by atoms with van der Waals surface area (Å²) in [5.74, 6) is -0.0817. The minimum Gasteiger partial charge on any atom is -0.325 e. The average Bonchev–Trinajstić information content (AvgIpc) is 2.65. The Morgan fingerprint density at radius 3 is 2.14 bits per heavy atom. The van der Waals surface area contributed by atoms with Crippen LogP contribution in [-0.4, -0.2) is 56.3 Å². The van der Waals surface area contributed by atoms with Crippen LogP contribution in [0.5, 0.6) is 0 Å². The number of carbonyl (C=O) groups excluding carboxylic acids is 1. The molecule has 0 spiro atoms. The van der Waals surface area contributed by atoms with Crippen LogP contribution in [0.2, 0.25) is 0 Å². The van der Waals surface area contributed by atoms with E-state index in [2.05, 4.69) is 5.32 Å². The number of sulfonamides is 1. The quantitative estimate of drug-likeness (QED) is 0.836. The van der Waals surface area contributed by atoms with Gasteiger partial charge in [0, 0.05) is 31.9 Å². The first-order valence-electron chi connectivity index (χ1n) is 9.42. The van der Waals surface area contributed by atoms with Crippen molar-refractivity contribution in [2.45, 2.75) is 25.7 Å². The van der Waals surface area contributed by atoms with Crippen molar-refractivity contribution in [3.05, 3.63) is 59.2 Å². The molecule has 0 saturated carbocycles. The van der Waals surface area contributed by atoms with E-state index in [9.17, 15) is 13.2 Å². The second-order valence-electron chi connectivity index (χ2n) is 7.36. The molecule has 7 heteroatoms. The molecular formula is C21H27N3O3S. The minimum atomic E-state index is -3.48. The monoisotopic (exact) mass is 401 g/mol. The molecule has 2 aromatic rings. The Hall–Kier alpha value is -2.22. The van der Waals surface area contributed by atoms with Crippen LogP contribution in [0.15, 0.2) is 47.4 Å². The van der Waals surface area contributed by atoms with Gasteiger partial charge in [0.05, 0.1) is 11.4 Å². The zero-order valence-electron chi connectivity index (χ0n) is 16.6. The minimum absolute atomic E-state index is 0.0817. The maximum absolute atomic E-state index is 12.8. The number of nitrogens with zero attached hydrogens (tertiary/aromatic N) is 2. The van der Waals surface area contributed by atoms with Crippen LogP contribution in [0, 0.1) is 20.8 Å². The fraction of sp³-hybridized carbons (Fsp3) is 0.381. The summed E-state index contributed by atoms with van der Waals surface area (Å²) < 4.78 is 27.0. The van der Waals surface area contributed by atoms with E-state index < -0.39 is 10.0 Å². The summed E-state index contributed by atoms with van der Waals surface area (Å²) in [6.07, 6.45) is 0. The van der Waals surface area contributed by atoms with E-state index in [4.69, 9.17) is 0 Å². The van der Waals surface area contributed by atoms with Gasteiger partial charge in [-0.3, -0.25) is 9.69 Å². The SMILES string of the molecule is Cc1ccc(S(=O)(=O)N2CCN(CC(=O)Nc3ccc(C)cc3C)CC2)cc1. The molecule has 0 bridgehead atoms. The Morgan fingerprint density at radius 2 is 1.54 bits per heavy atom. The molecule has 2 aromatic carbocycles. The number of hydrogen-bond donors (Lipinski definition) is 1. The van der Waals surface area contributed by atoms with Crippen molar-refractivity contribution < 1.29 is 13.2 Å². The summed E-state index contributed by atoms with van der Waals surface area (Å²) in [5, 5.41) is 2.94. The third-order valence-electron chi connectivity index (χ3n) is 5.01. The van der Waals surface area contributed by atoms with Gasteiger partial charge in [-0.25, -0.2) is 8.42 Å². The molecule has 1 N–H and O–H groups in total. The van der Waals surface area contributed by atoms with Crippen molar-refractivity contribution >= 4 is 21.6 Å². The summed E-state index contributed by atoms with van der Waals surface area (Å²) >= 11 is 0. The van der Waals surface area contributed by atoms with Crippen LogP contribution in [-0.2, 0) is 14.8 Å². The first-order valence-corrected chi connectivity index (χ1v) is 10.9. The highest BCUT2D eigenvalue weighted by Gasteiger charge is 2.29. The molecule has 150 valence electrons. The van der Waals surface area contributed by atoms with Gasteiger partial charge in [-0.1, -0.05) is 35.4 Å². The van der Waals surface area contributed by atoms with Gasteiger partial charge in [-0.05, 0) is 44.5 Å². The van der Waals surface area contributed by atoms with Crippen molar-refractivity contribution in [3.8, 4) is 0 Å². The second kappa shape index (κ2) is 8.43. The number of nitrogens with one attached hydrogen (secondary N) is 1. The second-order valence-corrected chi connectivity index (χ2v) is 9.30. The maximum Gasteiger partial charge on any atom is 0.243 e. The van der Waals surface area contributed by atoms with Crippen molar-refractivity contribution in [1.82, 2.24) is 9.21 Å². The Bertz CT molecular complexity index is 947. The van der Waals surface area contributed by atoms with Crippen molar-refractivity contribution in [1.29, 1.82) is 0 Å². The Morgan fingerprint density at radius 1 is 0.929 bits per heavy atom. The van der Waals surface area contributed by atoms with E-state index in [1.807, 2.05) is 43.9 Å². The normalized spacial score (nSPS) is 16.1. The van der Waals surface area contributed by atoms with Gasteiger partial charge in [-0.2, -0.15) is 4.31 Å². The predicted octanol–water partition coefficient (Wildman–Crippen LogP) is 2.56. The third kappa shape index (κ3) is 4.79. The lowest BCUT2D eigenvalue weighted by Crippen LogP contribution is -2.50. The van der Waals surface area contributed by atoms with Crippen LogP contribution < -0.4 is 5.32 Å². The van der Waals surface area contributed by atoms with Crippen LogP contribution in [0.3, 0.4) is 0 Å². The molecule has 0 aliphatic carbocycles. The Labute approximate surface area is 167 Å². The van der Waals surface area contributed by atoms with Crippen LogP contribution in [0.1, 0.15) is 16.7 Å². The van der Waals surface area contributed by atoms with E-state index in [1.54, 1.807) is 24.3 Å². The highest BCUT2D eigenvalue weighted by atomic mass is 32.2. The number of piperazine rings is 1. The fourth-order valence-electron chi connectivity index (χ4n) is 3.33. The van der Waals surface area contributed by atoms with E-state index in [0.717, 1.165) is 22.4 Å². The fourth-order valence-corrected chi connectivity index (χ4v) is 4.76. The summed E-state index contributed by atoms with van der Waals surface area (Å²) in [4.78, 5) is 14.7. The van der Waals surface area contributed by atoms with Gasteiger partial charge in [0.25, 0.3) is 0 Å². The molecule has 0 aromatic heterocycles. The molecule has 3 rings (SSSR count). The van der Waals surface area contributed by atoms with Gasteiger partial charge in [0.15, 0.2) is 0 Å². The van der Waals surface area contributed by atoms with E-state index in [-0.39, 0.29) is 12.5 Å². The molecule has 28 heavy (non-hydrogen) atoms. The molecule has 1 heterocycles.